The molecule has 0 aliphatic rings. The Labute approximate surface area is 128 Å². The second-order valence-corrected chi connectivity index (χ2v) is 5.39. The lowest BCUT2D eigenvalue weighted by Crippen LogP contribution is -2.03. The monoisotopic (exact) mass is 290 g/mol. The Kier molecular flexibility index (Phi) is 8.44. The van der Waals surface area contributed by atoms with Gasteiger partial charge in [0, 0.05) is 12.2 Å². The van der Waals surface area contributed by atoms with E-state index in [2.05, 4.69) is 23.8 Å². The van der Waals surface area contributed by atoms with Crippen LogP contribution >= 0.6 is 0 Å². The molecular weight excluding hydrogens is 264 g/mol. The summed E-state index contributed by atoms with van der Waals surface area (Å²) in [4.78, 5) is 11.2. The fraction of sp³-hybridized carbons (Fsp3) is 0.500. The second-order valence-electron chi connectivity index (χ2n) is 5.39. The summed E-state index contributed by atoms with van der Waals surface area (Å²) in [7, 11) is 1.41. The van der Waals surface area contributed by atoms with E-state index >= 15 is 0 Å². The molecule has 0 fully saturated rings. The van der Waals surface area contributed by atoms with E-state index in [1.165, 1.54) is 12.7 Å². The van der Waals surface area contributed by atoms with Crippen LogP contribution in [-0.2, 0) is 20.9 Å². The zero-order valence-corrected chi connectivity index (χ0v) is 13.3. The highest BCUT2D eigenvalue weighted by atomic mass is 16.5. The third-order valence-corrected chi connectivity index (χ3v) is 3.48. The summed E-state index contributed by atoms with van der Waals surface area (Å²) in [5, 5.41) is 0. The highest BCUT2D eigenvalue weighted by molar-refractivity contribution is 5.87. The van der Waals surface area contributed by atoms with Crippen molar-refractivity contribution in [2.24, 2.45) is 5.92 Å². The first kappa shape index (κ1) is 17.4. The van der Waals surface area contributed by atoms with Crippen molar-refractivity contribution in [1.29, 1.82) is 0 Å². The van der Waals surface area contributed by atoms with E-state index in [9.17, 15) is 4.79 Å². The minimum atomic E-state index is -0.242. The van der Waals surface area contributed by atoms with E-state index in [4.69, 9.17) is 4.74 Å². The summed E-state index contributed by atoms with van der Waals surface area (Å²) >= 11 is 0. The third-order valence-electron chi connectivity index (χ3n) is 3.48. The van der Waals surface area contributed by atoms with Crippen molar-refractivity contribution in [3.05, 3.63) is 47.5 Å². The molecule has 0 spiro atoms. The molecule has 0 aliphatic heterocycles. The van der Waals surface area contributed by atoms with E-state index in [0.717, 1.165) is 25.9 Å². The molecule has 1 atom stereocenters. The van der Waals surface area contributed by atoms with Crippen molar-refractivity contribution in [3.8, 4) is 0 Å². The van der Waals surface area contributed by atoms with Crippen molar-refractivity contribution in [3.63, 3.8) is 0 Å². The average Bonchev–Trinajstić information content (AvgIpc) is 2.51. The number of allylic oxidation sites excluding steroid dienone is 1. The molecule has 1 aromatic carbocycles. The molecule has 3 heteroatoms. The van der Waals surface area contributed by atoms with Gasteiger partial charge in [-0.1, -0.05) is 43.3 Å². The molecule has 0 saturated heterocycles. The van der Waals surface area contributed by atoms with Crippen molar-refractivity contribution >= 4 is 5.97 Å². The van der Waals surface area contributed by atoms with E-state index in [1.807, 2.05) is 24.3 Å². The quantitative estimate of drug-likeness (QED) is 0.390. The van der Waals surface area contributed by atoms with E-state index < -0.39 is 0 Å². The first-order valence-electron chi connectivity index (χ1n) is 7.50. The van der Waals surface area contributed by atoms with E-state index in [-0.39, 0.29) is 5.97 Å². The smallest absolute Gasteiger partial charge is 0.333 e. The molecule has 0 aromatic heterocycles. The van der Waals surface area contributed by atoms with Crippen LogP contribution in [0.15, 0.2) is 42.0 Å². The van der Waals surface area contributed by atoms with Gasteiger partial charge in [0.25, 0.3) is 0 Å². The van der Waals surface area contributed by atoms with E-state index in [1.54, 1.807) is 6.92 Å². The van der Waals surface area contributed by atoms with Crippen LogP contribution in [0.25, 0.3) is 0 Å². The minimum Gasteiger partial charge on any atom is -0.466 e. The molecule has 0 aliphatic carbocycles. The molecule has 21 heavy (non-hydrogen) atoms. The van der Waals surface area contributed by atoms with Gasteiger partial charge in [-0.05, 0) is 37.7 Å². The molecule has 116 valence electrons. The summed E-state index contributed by atoms with van der Waals surface area (Å²) in [5.74, 6) is 0.344. The molecule has 0 amide bonds. The first-order chi connectivity index (χ1) is 10.1. The molecule has 0 bridgehead atoms. The van der Waals surface area contributed by atoms with Crippen LogP contribution in [0.3, 0.4) is 0 Å². The molecule has 0 heterocycles. The maximum Gasteiger partial charge on any atom is 0.333 e. The molecule has 1 unspecified atom stereocenters. The molecule has 1 aromatic rings. The van der Waals surface area contributed by atoms with Gasteiger partial charge in [-0.3, -0.25) is 0 Å². The van der Waals surface area contributed by atoms with Gasteiger partial charge in [0.15, 0.2) is 0 Å². The van der Waals surface area contributed by atoms with Crippen molar-refractivity contribution in [2.45, 2.75) is 39.7 Å². The van der Waals surface area contributed by atoms with Crippen LogP contribution in [0.1, 0.15) is 38.7 Å². The summed E-state index contributed by atoms with van der Waals surface area (Å²) in [6.45, 7) is 5.46. The lowest BCUT2D eigenvalue weighted by atomic mass is 10.0. The molecule has 3 nitrogen and oxygen atoms in total. The lowest BCUT2D eigenvalue weighted by molar-refractivity contribution is -0.136. The van der Waals surface area contributed by atoms with Gasteiger partial charge < -0.3 is 9.47 Å². The van der Waals surface area contributed by atoms with Crippen LogP contribution in [0.5, 0.6) is 0 Å². The Morgan fingerprint density at radius 2 is 1.95 bits per heavy atom. The number of esters is 1. The second kappa shape index (κ2) is 10.2. The van der Waals surface area contributed by atoms with Crippen LogP contribution < -0.4 is 0 Å². The van der Waals surface area contributed by atoms with Crippen LogP contribution in [0.4, 0.5) is 0 Å². The van der Waals surface area contributed by atoms with Gasteiger partial charge >= 0.3 is 5.97 Å². The summed E-state index contributed by atoms with van der Waals surface area (Å²) in [5.41, 5.74) is 1.90. The van der Waals surface area contributed by atoms with Gasteiger partial charge in [-0.25, -0.2) is 4.79 Å². The third kappa shape index (κ3) is 7.66. The van der Waals surface area contributed by atoms with Gasteiger partial charge in [0.05, 0.1) is 13.7 Å². The maximum absolute atomic E-state index is 11.2. The van der Waals surface area contributed by atoms with E-state index in [0.29, 0.717) is 18.1 Å². The SMILES string of the molecule is COC(=O)/C(C)=C\CCC(C)CCOCc1ccccc1. The number of rotatable bonds is 9. The topological polar surface area (TPSA) is 35.5 Å². The van der Waals surface area contributed by atoms with Gasteiger partial charge in [-0.15, -0.1) is 0 Å². The molecule has 1 rings (SSSR count). The van der Waals surface area contributed by atoms with Crippen LogP contribution in [0, 0.1) is 5.92 Å². The highest BCUT2D eigenvalue weighted by Crippen LogP contribution is 2.13. The molecular formula is C18H26O3. The number of methoxy groups -OCH3 is 1. The number of benzene rings is 1. The maximum atomic E-state index is 11.2. The Bertz CT molecular complexity index is 437. The number of ether oxygens (including phenoxy) is 2. The lowest BCUT2D eigenvalue weighted by Gasteiger charge is -2.10. The van der Waals surface area contributed by atoms with Crippen LogP contribution in [-0.4, -0.2) is 19.7 Å². The fourth-order valence-corrected chi connectivity index (χ4v) is 2.02. The number of carbonyl (C=O) groups excluding carboxylic acids is 1. The largest absolute Gasteiger partial charge is 0.466 e. The van der Waals surface area contributed by atoms with Gasteiger partial charge in [0.1, 0.15) is 0 Å². The Morgan fingerprint density at radius 3 is 2.62 bits per heavy atom. The van der Waals surface area contributed by atoms with Crippen molar-refractivity contribution < 1.29 is 14.3 Å². The molecule has 0 radical (unpaired) electrons. The number of carbonyl (C=O) groups is 1. The summed E-state index contributed by atoms with van der Waals surface area (Å²) in [6, 6.07) is 10.2. The Hall–Kier alpha value is -1.61. The van der Waals surface area contributed by atoms with Crippen molar-refractivity contribution in [1.82, 2.24) is 0 Å². The Balaban J connectivity index is 2.11. The highest BCUT2D eigenvalue weighted by Gasteiger charge is 2.04. The fourth-order valence-electron chi connectivity index (χ4n) is 2.02. The van der Waals surface area contributed by atoms with Crippen LogP contribution in [0.2, 0.25) is 0 Å². The zero-order valence-electron chi connectivity index (χ0n) is 13.3. The molecule has 0 saturated carbocycles. The standard InChI is InChI=1S/C18H26O3/c1-15(8-7-9-16(2)18(19)20-3)12-13-21-14-17-10-5-4-6-11-17/h4-6,9-11,15H,7-8,12-14H2,1-3H3/b16-9-. The minimum absolute atomic E-state index is 0.242. The molecule has 0 N–H and O–H groups in total. The summed E-state index contributed by atoms with van der Waals surface area (Å²) in [6.07, 6.45) is 4.95. The predicted octanol–water partition coefficient (Wildman–Crippen LogP) is 4.13. The average molecular weight is 290 g/mol. The van der Waals surface area contributed by atoms with Crippen molar-refractivity contribution in [2.75, 3.05) is 13.7 Å². The predicted molar refractivity (Wildman–Crippen MR) is 84.9 cm³/mol. The first-order valence-corrected chi connectivity index (χ1v) is 7.50. The number of hydrogen-bond donors (Lipinski definition) is 0. The Morgan fingerprint density at radius 1 is 1.24 bits per heavy atom. The summed E-state index contributed by atoms with van der Waals surface area (Å²) < 4.78 is 10.3. The zero-order chi connectivity index (χ0) is 15.5. The normalized spacial score (nSPS) is 13.0. The van der Waals surface area contributed by atoms with Gasteiger partial charge in [-0.2, -0.15) is 0 Å². The van der Waals surface area contributed by atoms with Gasteiger partial charge in [0.2, 0.25) is 0 Å². The number of hydrogen-bond acceptors (Lipinski definition) is 3.